The fraction of sp³-hybridized carbons (Fsp3) is 0.796. The van der Waals surface area contributed by atoms with Gasteiger partial charge in [-0.25, -0.2) is 0 Å². The third-order valence-corrected chi connectivity index (χ3v) is 10.3. The van der Waals surface area contributed by atoms with Gasteiger partial charge in [-0.3, -0.25) is 9.59 Å². The van der Waals surface area contributed by atoms with Crippen molar-refractivity contribution in [1.82, 2.24) is 5.32 Å². The van der Waals surface area contributed by atoms with E-state index in [0.717, 1.165) is 103 Å². The molecule has 0 bridgehead atoms. The Morgan fingerprint density at radius 2 is 0.945 bits per heavy atom. The first-order valence-electron chi connectivity index (χ1n) is 23.4. The first-order chi connectivity index (χ1) is 27.0. The monoisotopic (exact) mass is 772 g/mol. The number of aliphatic hydroxyl groups is 2. The number of carbonyl (C=O) groups is 2. The highest BCUT2D eigenvalue weighted by Gasteiger charge is 2.18. The van der Waals surface area contributed by atoms with Gasteiger partial charge in [0.15, 0.2) is 0 Å². The van der Waals surface area contributed by atoms with Crippen LogP contribution in [-0.4, -0.2) is 47.4 Å². The molecule has 0 radical (unpaired) electrons. The normalized spacial score (nSPS) is 13.2. The molecule has 0 saturated heterocycles. The molecule has 320 valence electrons. The molecule has 6 nitrogen and oxygen atoms in total. The first-order valence-corrected chi connectivity index (χ1v) is 23.4. The lowest BCUT2D eigenvalue weighted by Crippen LogP contribution is -2.45. The van der Waals surface area contributed by atoms with Gasteiger partial charge in [0, 0.05) is 12.8 Å². The zero-order valence-electron chi connectivity index (χ0n) is 36.1. The SMILES string of the molecule is CCC/C=C\C/C=C\CCCCCCCC(=O)OCCCCC/C=C\CCCCCCCC(=O)NC(CO)C(O)/C=C/CCCCCCCCCCCCC. The number of esters is 1. The zero-order valence-corrected chi connectivity index (χ0v) is 36.1. The average molecular weight is 772 g/mol. The molecule has 0 aromatic rings. The maximum absolute atomic E-state index is 12.4. The molecular formula is C49H89NO5. The van der Waals surface area contributed by atoms with Gasteiger partial charge in [-0.15, -0.1) is 0 Å². The van der Waals surface area contributed by atoms with Gasteiger partial charge < -0.3 is 20.3 Å². The van der Waals surface area contributed by atoms with Gasteiger partial charge in [-0.1, -0.05) is 172 Å². The van der Waals surface area contributed by atoms with Crippen molar-refractivity contribution in [3.05, 3.63) is 48.6 Å². The topological polar surface area (TPSA) is 95.9 Å². The highest BCUT2D eigenvalue weighted by molar-refractivity contribution is 5.76. The standard InChI is InChI=1S/C49H89NO5/c1-3-5-7-9-11-13-15-17-21-25-29-33-37-41-47(52)46(45-51)50-48(53)42-38-34-30-26-22-19-20-24-28-32-36-40-44-55-49(54)43-39-35-31-27-23-18-16-14-12-10-8-6-4-2/h8,10,14,16,20,24,37,41,46-47,51-52H,3-7,9,11-13,15,17-19,21-23,25-36,38-40,42-45H2,1-2H3,(H,50,53)/b10-8-,16-14-,24-20-,41-37+. The molecule has 0 fully saturated rings. The van der Waals surface area contributed by atoms with Crippen LogP contribution in [0.2, 0.25) is 0 Å². The number of hydrogen-bond acceptors (Lipinski definition) is 5. The molecule has 0 aromatic heterocycles. The summed E-state index contributed by atoms with van der Waals surface area (Å²) >= 11 is 0. The molecule has 1 amide bonds. The summed E-state index contributed by atoms with van der Waals surface area (Å²) in [5.41, 5.74) is 0. The molecular weight excluding hydrogens is 683 g/mol. The largest absolute Gasteiger partial charge is 0.466 e. The van der Waals surface area contributed by atoms with Crippen molar-refractivity contribution in [2.75, 3.05) is 13.2 Å². The van der Waals surface area contributed by atoms with Crippen LogP contribution in [0.1, 0.15) is 226 Å². The van der Waals surface area contributed by atoms with Crippen molar-refractivity contribution in [2.24, 2.45) is 0 Å². The van der Waals surface area contributed by atoms with Crippen molar-refractivity contribution in [3.8, 4) is 0 Å². The summed E-state index contributed by atoms with van der Waals surface area (Å²) in [6.45, 7) is 4.74. The minimum Gasteiger partial charge on any atom is -0.466 e. The summed E-state index contributed by atoms with van der Waals surface area (Å²) in [5.74, 6) is -0.138. The Morgan fingerprint density at radius 1 is 0.509 bits per heavy atom. The predicted molar refractivity (Wildman–Crippen MR) is 236 cm³/mol. The van der Waals surface area contributed by atoms with Gasteiger partial charge in [-0.05, 0) is 89.9 Å². The van der Waals surface area contributed by atoms with Gasteiger partial charge in [0.1, 0.15) is 0 Å². The van der Waals surface area contributed by atoms with Crippen LogP contribution in [0.5, 0.6) is 0 Å². The minimum absolute atomic E-state index is 0.0411. The fourth-order valence-corrected chi connectivity index (χ4v) is 6.66. The lowest BCUT2D eigenvalue weighted by Gasteiger charge is -2.20. The predicted octanol–water partition coefficient (Wildman–Crippen LogP) is 13.5. The van der Waals surface area contributed by atoms with E-state index in [-0.39, 0.29) is 18.5 Å². The second kappa shape index (κ2) is 44.5. The molecule has 2 unspecified atom stereocenters. The van der Waals surface area contributed by atoms with E-state index in [0.29, 0.717) is 19.4 Å². The van der Waals surface area contributed by atoms with E-state index in [2.05, 4.69) is 55.6 Å². The molecule has 0 aliphatic carbocycles. The van der Waals surface area contributed by atoms with Crippen LogP contribution in [0.25, 0.3) is 0 Å². The molecule has 0 aromatic carbocycles. The van der Waals surface area contributed by atoms with Gasteiger partial charge in [0.25, 0.3) is 0 Å². The molecule has 0 spiro atoms. The fourth-order valence-electron chi connectivity index (χ4n) is 6.66. The quantitative estimate of drug-likeness (QED) is 0.0326. The Kier molecular flexibility index (Phi) is 42.8. The molecule has 0 heterocycles. The van der Waals surface area contributed by atoms with E-state index in [4.69, 9.17) is 4.74 Å². The van der Waals surface area contributed by atoms with Gasteiger partial charge in [-0.2, -0.15) is 0 Å². The van der Waals surface area contributed by atoms with Crippen molar-refractivity contribution >= 4 is 11.9 Å². The van der Waals surface area contributed by atoms with Crippen LogP contribution in [0.3, 0.4) is 0 Å². The Balaban J connectivity index is 3.58. The van der Waals surface area contributed by atoms with Gasteiger partial charge >= 0.3 is 5.97 Å². The average Bonchev–Trinajstić information content (AvgIpc) is 3.18. The minimum atomic E-state index is -0.861. The lowest BCUT2D eigenvalue weighted by atomic mass is 10.0. The second-order valence-corrected chi connectivity index (χ2v) is 15.7. The first kappa shape index (κ1) is 52.8. The van der Waals surface area contributed by atoms with E-state index in [1.165, 1.54) is 96.3 Å². The maximum atomic E-state index is 12.4. The summed E-state index contributed by atoms with van der Waals surface area (Å²) < 4.78 is 5.42. The number of allylic oxidation sites excluding steroid dienone is 7. The summed E-state index contributed by atoms with van der Waals surface area (Å²) in [6, 6.07) is -0.647. The van der Waals surface area contributed by atoms with Crippen LogP contribution >= 0.6 is 0 Å². The molecule has 0 aliphatic heterocycles. The Morgan fingerprint density at radius 3 is 1.47 bits per heavy atom. The molecule has 6 heteroatoms. The number of hydrogen-bond donors (Lipinski definition) is 3. The van der Waals surface area contributed by atoms with Crippen LogP contribution in [0.4, 0.5) is 0 Å². The smallest absolute Gasteiger partial charge is 0.305 e. The number of ether oxygens (including phenoxy) is 1. The zero-order chi connectivity index (χ0) is 40.1. The van der Waals surface area contributed by atoms with Gasteiger partial charge in [0.2, 0.25) is 5.91 Å². The van der Waals surface area contributed by atoms with Crippen molar-refractivity contribution in [2.45, 2.75) is 238 Å². The number of rotatable bonds is 42. The Labute approximate surface area is 340 Å². The molecule has 2 atom stereocenters. The summed E-state index contributed by atoms with van der Waals surface area (Å²) in [5, 5.41) is 23.0. The highest BCUT2D eigenvalue weighted by Crippen LogP contribution is 2.13. The summed E-state index contributed by atoms with van der Waals surface area (Å²) in [4.78, 5) is 24.4. The number of amides is 1. The van der Waals surface area contributed by atoms with E-state index in [9.17, 15) is 19.8 Å². The number of carbonyl (C=O) groups excluding carboxylic acids is 2. The molecule has 3 N–H and O–H groups in total. The van der Waals surface area contributed by atoms with Crippen LogP contribution in [-0.2, 0) is 14.3 Å². The van der Waals surface area contributed by atoms with Crippen LogP contribution < -0.4 is 5.32 Å². The van der Waals surface area contributed by atoms with Crippen molar-refractivity contribution in [1.29, 1.82) is 0 Å². The number of unbranched alkanes of at least 4 members (excludes halogenated alkanes) is 25. The van der Waals surface area contributed by atoms with Crippen molar-refractivity contribution in [3.63, 3.8) is 0 Å². The Hall–Kier alpha value is -2.18. The molecule has 0 aliphatic rings. The lowest BCUT2D eigenvalue weighted by molar-refractivity contribution is -0.143. The maximum Gasteiger partial charge on any atom is 0.305 e. The van der Waals surface area contributed by atoms with E-state index >= 15 is 0 Å². The van der Waals surface area contributed by atoms with Crippen molar-refractivity contribution < 1.29 is 24.5 Å². The van der Waals surface area contributed by atoms with Gasteiger partial charge in [0.05, 0.1) is 25.4 Å². The third kappa shape index (κ3) is 41.3. The highest BCUT2D eigenvalue weighted by atomic mass is 16.5. The van der Waals surface area contributed by atoms with E-state index in [1.54, 1.807) is 6.08 Å². The number of aliphatic hydroxyl groups excluding tert-OH is 2. The Bertz CT molecular complexity index is 942. The molecule has 0 saturated carbocycles. The summed E-state index contributed by atoms with van der Waals surface area (Å²) in [7, 11) is 0. The van der Waals surface area contributed by atoms with E-state index in [1.807, 2.05) is 6.08 Å². The van der Waals surface area contributed by atoms with E-state index < -0.39 is 12.1 Å². The second-order valence-electron chi connectivity index (χ2n) is 15.7. The number of nitrogens with one attached hydrogen (secondary N) is 1. The summed E-state index contributed by atoms with van der Waals surface area (Å²) in [6.07, 6.45) is 53.8. The van der Waals surface area contributed by atoms with Crippen LogP contribution in [0.15, 0.2) is 48.6 Å². The molecule has 55 heavy (non-hydrogen) atoms. The molecule has 0 rings (SSSR count). The van der Waals surface area contributed by atoms with Crippen LogP contribution in [0, 0.1) is 0 Å². The third-order valence-electron chi connectivity index (χ3n) is 10.3.